The van der Waals surface area contributed by atoms with Crippen molar-refractivity contribution >= 4 is 17.4 Å². The Labute approximate surface area is 175 Å². The van der Waals surface area contributed by atoms with Gasteiger partial charge in [0, 0.05) is 54.1 Å². The van der Waals surface area contributed by atoms with E-state index in [0.29, 0.717) is 28.7 Å². The average Bonchev–Trinajstić information content (AvgIpc) is 3.48. The Morgan fingerprint density at radius 2 is 2.03 bits per heavy atom. The number of fused-ring (bicyclic) bond motifs is 1. The smallest absolute Gasteiger partial charge is 0.293 e. The molecule has 154 valence electrons. The van der Waals surface area contributed by atoms with E-state index in [1.54, 1.807) is 43.0 Å². The number of benzene rings is 1. The third kappa shape index (κ3) is 3.44. The molecule has 1 aromatic carbocycles. The minimum atomic E-state index is -0.469. The van der Waals surface area contributed by atoms with Gasteiger partial charge in [-0.3, -0.25) is 14.3 Å². The van der Waals surface area contributed by atoms with Crippen molar-refractivity contribution < 1.29 is 13.6 Å². The van der Waals surface area contributed by atoms with Crippen LogP contribution in [0.2, 0.25) is 0 Å². The van der Waals surface area contributed by atoms with Crippen LogP contribution in [0.4, 0.5) is 10.1 Å². The number of aryl methyl sites for hydroxylation is 2. The maximum atomic E-state index is 14.6. The zero-order valence-corrected chi connectivity index (χ0v) is 16.5. The minimum Gasteiger partial charge on any atom is -0.436 e. The van der Waals surface area contributed by atoms with Gasteiger partial charge in [-0.2, -0.15) is 5.10 Å². The Kier molecular flexibility index (Phi) is 4.32. The number of oxazole rings is 1. The van der Waals surface area contributed by atoms with Gasteiger partial charge in [-0.05, 0) is 25.1 Å². The molecule has 0 spiro atoms. The molecular weight excluding hydrogens is 401 g/mol. The number of aromatic nitrogens is 6. The van der Waals surface area contributed by atoms with E-state index in [1.807, 2.05) is 6.20 Å². The molecule has 4 heterocycles. The average molecular weight is 417 g/mol. The molecule has 0 aliphatic rings. The summed E-state index contributed by atoms with van der Waals surface area (Å²) >= 11 is 0. The highest BCUT2D eigenvalue weighted by atomic mass is 19.1. The molecule has 0 unspecified atom stereocenters. The lowest BCUT2D eigenvalue weighted by atomic mass is 10.1. The number of nitrogens with one attached hydrogen (secondary N) is 2. The van der Waals surface area contributed by atoms with Gasteiger partial charge in [-0.1, -0.05) is 0 Å². The molecule has 0 aliphatic carbocycles. The number of aromatic amines is 1. The van der Waals surface area contributed by atoms with Gasteiger partial charge in [0.25, 0.3) is 5.91 Å². The van der Waals surface area contributed by atoms with Crippen LogP contribution >= 0.6 is 0 Å². The predicted molar refractivity (Wildman–Crippen MR) is 110 cm³/mol. The van der Waals surface area contributed by atoms with Crippen LogP contribution in [0.1, 0.15) is 22.1 Å². The summed E-state index contributed by atoms with van der Waals surface area (Å²) in [7, 11) is 0. The Bertz CT molecular complexity index is 1420. The summed E-state index contributed by atoms with van der Waals surface area (Å²) in [5, 5.41) is 9.40. The van der Waals surface area contributed by atoms with E-state index in [0.717, 1.165) is 11.1 Å². The molecule has 0 atom stereocenters. The molecule has 2 N–H and O–H groups in total. The number of nitrogens with zero attached hydrogens (tertiary/aromatic N) is 5. The zero-order valence-electron chi connectivity index (χ0n) is 16.5. The molecular formula is C21H16FN7O2. The molecule has 0 fully saturated rings. The van der Waals surface area contributed by atoms with Gasteiger partial charge in [0.05, 0.1) is 17.6 Å². The number of rotatable bonds is 4. The molecule has 0 bridgehead atoms. The number of halogens is 1. The maximum absolute atomic E-state index is 14.6. The molecule has 0 saturated heterocycles. The van der Waals surface area contributed by atoms with E-state index in [9.17, 15) is 9.18 Å². The summed E-state index contributed by atoms with van der Waals surface area (Å²) in [6.07, 6.45) is 8.63. The lowest BCUT2D eigenvalue weighted by Gasteiger charge is -2.06. The standard InChI is InChI=1S/C21H16FN7O2/c1-11-19(31-12(2)26-11)20(30)27-15-3-4-17(22)16(5-15)18-10-29-9-14(6-23-21(29)28-18)13-7-24-25-8-13/h3-10H,1-2H3,(H,24,25)(H,27,30). The van der Waals surface area contributed by atoms with Crippen LogP contribution in [-0.4, -0.2) is 35.5 Å². The van der Waals surface area contributed by atoms with Crippen LogP contribution in [0.15, 0.2) is 53.6 Å². The molecule has 0 radical (unpaired) electrons. The van der Waals surface area contributed by atoms with Crippen molar-refractivity contribution in [1.29, 1.82) is 0 Å². The van der Waals surface area contributed by atoms with E-state index in [1.165, 1.54) is 18.2 Å². The van der Waals surface area contributed by atoms with Crippen molar-refractivity contribution in [2.24, 2.45) is 0 Å². The number of carbonyl (C=O) groups excluding carboxylic acids is 1. The first-order valence-electron chi connectivity index (χ1n) is 9.37. The van der Waals surface area contributed by atoms with Crippen LogP contribution in [0.25, 0.3) is 28.2 Å². The number of hydrogen-bond acceptors (Lipinski definition) is 6. The quantitative estimate of drug-likeness (QED) is 0.460. The third-order valence-electron chi connectivity index (χ3n) is 4.75. The molecule has 9 nitrogen and oxygen atoms in total. The highest BCUT2D eigenvalue weighted by Gasteiger charge is 2.18. The Balaban J connectivity index is 1.48. The number of amides is 1. The number of carbonyl (C=O) groups is 1. The van der Waals surface area contributed by atoms with Crippen molar-refractivity contribution in [3.8, 4) is 22.4 Å². The lowest BCUT2D eigenvalue weighted by molar-refractivity contribution is 0.0994. The van der Waals surface area contributed by atoms with Crippen LogP contribution in [0.3, 0.4) is 0 Å². The van der Waals surface area contributed by atoms with E-state index >= 15 is 0 Å². The highest BCUT2D eigenvalue weighted by molar-refractivity contribution is 6.03. The van der Waals surface area contributed by atoms with E-state index in [2.05, 4.69) is 30.5 Å². The van der Waals surface area contributed by atoms with Crippen molar-refractivity contribution in [3.05, 3.63) is 72.3 Å². The van der Waals surface area contributed by atoms with Crippen molar-refractivity contribution in [1.82, 2.24) is 29.5 Å². The van der Waals surface area contributed by atoms with Crippen LogP contribution in [0, 0.1) is 19.7 Å². The summed E-state index contributed by atoms with van der Waals surface area (Å²) in [6.45, 7) is 3.35. The minimum absolute atomic E-state index is 0.118. The van der Waals surface area contributed by atoms with Crippen LogP contribution < -0.4 is 5.32 Å². The van der Waals surface area contributed by atoms with Gasteiger partial charge in [0.1, 0.15) is 5.82 Å². The lowest BCUT2D eigenvalue weighted by Crippen LogP contribution is -2.12. The Hall–Kier alpha value is -4.34. The Morgan fingerprint density at radius 3 is 2.77 bits per heavy atom. The highest BCUT2D eigenvalue weighted by Crippen LogP contribution is 2.27. The van der Waals surface area contributed by atoms with Crippen molar-refractivity contribution in [2.75, 3.05) is 5.32 Å². The molecule has 4 aromatic heterocycles. The maximum Gasteiger partial charge on any atom is 0.293 e. The van der Waals surface area contributed by atoms with Gasteiger partial charge in [-0.15, -0.1) is 0 Å². The van der Waals surface area contributed by atoms with Crippen molar-refractivity contribution in [2.45, 2.75) is 13.8 Å². The molecule has 5 rings (SSSR count). The van der Waals surface area contributed by atoms with Gasteiger partial charge in [0.2, 0.25) is 11.5 Å². The fourth-order valence-corrected chi connectivity index (χ4v) is 3.30. The van der Waals surface area contributed by atoms with E-state index < -0.39 is 11.7 Å². The van der Waals surface area contributed by atoms with Gasteiger partial charge in [-0.25, -0.2) is 19.3 Å². The zero-order chi connectivity index (χ0) is 21.5. The van der Waals surface area contributed by atoms with Crippen molar-refractivity contribution in [3.63, 3.8) is 0 Å². The Morgan fingerprint density at radius 1 is 1.16 bits per heavy atom. The van der Waals surface area contributed by atoms with E-state index in [4.69, 9.17) is 4.42 Å². The fourth-order valence-electron chi connectivity index (χ4n) is 3.30. The monoisotopic (exact) mass is 417 g/mol. The summed E-state index contributed by atoms with van der Waals surface area (Å²) in [5.41, 5.74) is 3.22. The molecule has 1 amide bonds. The topological polar surface area (TPSA) is 114 Å². The first kappa shape index (κ1) is 18.7. The normalized spacial score (nSPS) is 11.2. The fraction of sp³-hybridized carbons (Fsp3) is 0.0952. The summed E-state index contributed by atoms with van der Waals surface area (Å²) in [5.74, 6) is 0.00518. The molecule has 5 aromatic rings. The largest absolute Gasteiger partial charge is 0.436 e. The van der Waals surface area contributed by atoms with Gasteiger partial charge < -0.3 is 9.73 Å². The first-order chi connectivity index (χ1) is 15.0. The van der Waals surface area contributed by atoms with Crippen LogP contribution in [0.5, 0.6) is 0 Å². The van der Waals surface area contributed by atoms with Gasteiger partial charge >= 0.3 is 0 Å². The van der Waals surface area contributed by atoms with Crippen LogP contribution in [-0.2, 0) is 0 Å². The molecule has 10 heteroatoms. The number of H-pyrrole nitrogens is 1. The number of hydrogen-bond donors (Lipinski definition) is 2. The van der Waals surface area contributed by atoms with E-state index in [-0.39, 0.29) is 11.3 Å². The summed E-state index contributed by atoms with van der Waals surface area (Å²) in [4.78, 5) is 25.3. The third-order valence-corrected chi connectivity index (χ3v) is 4.75. The second-order valence-corrected chi connectivity index (χ2v) is 6.96. The second-order valence-electron chi connectivity index (χ2n) is 6.96. The molecule has 0 aliphatic heterocycles. The number of imidazole rings is 1. The predicted octanol–water partition coefficient (Wildman–Crippen LogP) is 3.78. The second kappa shape index (κ2) is 7.17. The SMILES string of the molecule is Cc1nc(C)c(C(=O)Nc2ccc(F)c(-c3cn4cc(-c5cn[nH]c5)cnc4n3)c2)o1. The number of anilines is 1. The summed E-state index contributed by atoms with van der Waals surface area (Å²) < 4.78 is 21.6. The molecule has 31 heavy (non-hydrogen) atoms. The molecule has 0 saturated carbocycles. The summed E-state index contributed by atoms with van der Waals surface area (Å²) in [6, 6.07) is 4.27. The first-order valence-corrected chi connectivity index (χ1v) is 9.37. The van der Waals surface area contributed by atoms with Gasteiger partial charge in [0.15, 0.2) is 5.89 Å².